The number of rotatable bonds is 8. The molecule has 174 valence electrons. The molecule has 0 aromatic heterocycles. The lowest BCUT2D eigenvalue weighted by Gasteiger charge is -2.17. The normalized spacial score (nSPS) is 12.0. The molecule has 0 radical (unpaired) electrons. The first-order valence-electron chi connectivity index (χ1n) is 11.3. The molecule has 0 aliphatic rings. The van der Waals surface area contributed by atoms with Gasteiger partial charge in [0.2, 0.25) is 0 Å². The van der Waals surface area contributed by atoms with Crippen LogP contribution in [0, 0.1) is 19.7 Å². The Bertz CT molecular complexity index is 1340. The van der Waals surface area contributed by atoms with Crippen molar-refractivity contribution < 1.29 is 19.0 Å². The predicted molar refractivity (Wildman–Crippen MR) is 134 cm³/mol. The van der Waals surface area contributed by atoms with Crippen molar-refractivity contribution in [3.05, 3.63) is 101 Å². The third kappa shape index (κ3) is 4.95. The van der Waals surface area contributed by atoms with Gasteiger partial charge < -0.3 is 15.2 Å². The Hall–Kier alpha value is -3.70. The van der Waals surface area contributed by atoms with Crippen LogP contribution in [0.2, 0.25) is 0 Å². The van der Waals surface area contributed by atoms with Gasteiger partial charge in [0, 0.05) is 12.6 Å². The molecule has 0 fully saturated rings. The molecule has 0 bridgehead atoms. The van der Waals surface area contributed by atoms with Crippen LogP contribution in [0.25, 0.3) is 21.9 Å². The van der Waals surface area contributed by atoms with Gasteiger partial charge >= 0.3 is 5.97 Å². The van der Waals surface area contributed by atoms with E-state index >= 15 is 0 Å². The molecule has 0 heterocycles. The summed E-state index contributed by atoms with van der Waals surface area (Å²) in [4.78, 5) is 11.7. The van der Waals surface area contributed by atoms with E-state index in [4.69, 9.17) is 4.74 Å². The van der Waals surface area contributed by atoms with Crippen LogP contribution in [0.5, 0.6) is 5.75 Å². The smallest absolute Gasteiger partial charge is 0.335 e. The second kappa shape index (κ2) is 10.1. The molecule has 0 aliphatic heterocycles. The summed E-state index contributed by atoms with van der Waals surface area (Å²) < 4.78 is 19.8. The number of benzene rings is 4. The molecule has 1 atom stereocenters. The fourth-order valence-corrected chi connectivity index (χ4v) is 4.24. The molecule has 5 heteroatoms. The number of carboxylic acids is 1. The Morgan fingerprint density at radius 3 is 2.56 bits per heavy atom. The monoisotopic (exact) mass is 457 g/mol. The largest absolute Gasteiger partial charge is 0.492 e. The third-order valence-corrected chi connectivity index (χ3v) is 6.30. The highest BCUT2D eigenvalue weighted by molar-refractivity contribution is 5.90. The summed E-state index contributed by atoms with van der Waals surface area (Å²) in [6.07, 6.45) is 0. The van der Waals surface area contributed by atoms with Crippen LogP contribution in [0.1, 0.15) is 40.0 Å². The number of ether oxygens (including phenoxy) is 1. The third-order valence-electron chi connectivity index (χ3n) is 6.30. The molecule has 4 aromatic rings. The van der Waals surface area contributed by atoms with Gasteiger partial charge in [0.15, 0.2) is 0 Å². The summed E-state index contributed by atoms with van der Waals surface area (Å²) in [5, 5.41) is 15.5. The number of aromatic carboxylic acids is 1. The van der Waals surface area contributed by atoms with E-state index < -0.39 is 5.97 Å². The molecule has 4 aromatic carbocycles. The first-order valence-corrected chi connectivity index (χ1v) is 11.3. The number of halogens is 1. The van der Waals surface area contributed by atoms with Crippen LogP contribution < -0.4 is 10.1 Å². The lowest BCUT2D eigenvalue weighted by Crippen LogP contribution is -2.24. The fourth-order valence-electron chi connectivity index (χ4n) is 4.24. The fraction of sp³-hybridized carbons (Fsp3) is 0.207. The molecule has 4 rings (SSSR count). The minimum absolute atomic E-state index is 0.125. The van der Waals surface area contributed by atoms with E-state index in [1.54, 1.807) is 25.1 Å². The Morgan fingerprint density at radius 2 is 1.76 bits per heavy atom. The Kier molecular flexibility index (Phi) is 6.94. The number of carbonyl (C=O) groups is 1. The average molecular weight is 458 g/mol. The summed E-state index contributed by atoms with van der Waals surface area (Å²) in [5.74, 6) is -0.847. The summed E-state index contributed by atoms with van der Waals surface area (Å²) in [6.45, 7) is 6.63. The Labute approximate surface area is 199 Å². The van der Waals surface area contributed by atoms with Crippen LogP contribution in [0.4, 0.5) is 4.39 Å². The van der Waals surface area contributed by atoms with E-state index in [2.05, 4.69) is 42.6 Å². The average Bonchev–Trinajstić information content (AvgIpc) is 2.84. The van der Waals surface area contributed by atoms with Crippen LogP contribution in [-0.4, -0.2) is 24.2 Å². The second-order valence-corrected chi connectivity index (χ2v) is 8.49. The molecule has 4 nitrogen and oxygen atoms in total. The number of carboxylic acid groups (broad SMARTS) is 1. The van der Waals surface area contributed by atoms with Crippen LogP contribution >= 0.6 is 0 Å². The Balaban J connectivity index is 1.48. The van der Waals surface area contributed by atoms with Crippen molar-refractivity contribution in [3.8, 4) is 16.9 Å². The van der Waals surface area contributed by atoms with Gasteiger partial charge in [-0.3, -0.25) is 0 Å². The number of hydrogen-bond acceptors (Lipinski definition) is 3. The van der Waals surface area contributed by atoms with Crippen molar-refractivity contribution in [2.45, 2.75) is 26.8 Å². The van der Waals surface area contributed by atoms with Crippen molar-refractivity contribution in [2.75, 3.05) is 13.2 Å². The van der Waals surface area contributed by atoms with Gasteiger partial charge in [0.25, 0.3) is 0 Å². The minimum Gasteiger partial charge on any atom is -0.492 e. The van der Waals surface area contributed by atoms with Crippen LogP contribution in [0.3, 0.4) is 0 Å². The lowest BCUT2D eigenvalue weighted by molar-refractivity contribution is 0.0696. The molecule has 0 spiro atoms. The van der Waals surface area contributed by atoms with E-state index in [0.29, 0.717) is 30.0 Å². The van der Waals surface area contributed by atoms with E-state index in [0.717, 1.165) is 11.1 Å². The quantitative estimate of drug-likeness (QED) is 0.289. The van der Waals surface area contributed by atoms with Gasteiger partial charge in [-0.1, -0.05) is 48.5 Å². The zero-order valence-electron chi connectivity index (χ0n) is 19.6. The van der Waals surface area contributed by atoms with Gasteiger partial charge in [-0.25, -0.2) is 9.18 Å². The summed E-state index contributed by atoms with van der Waals surface area (Å²) in [5.41, 5.74) is 4.15. The zero-order valence-corrected chi connectivity index (χ0v) is 19.6. The predicted octanol–water partition coefficient (Wildman–Crippen LogP) is 6.69. The molecule has 0 aliphatic carbocycles. The topological polar surface area (TPSA) is 58.6 Å². The first kappa shape index (κ1) is 23.5. The van der Waals surface area contributed by atoms with Crippen LogP contribution in [0.15, 0.2) is 72.8 Å². The van der Waals surface area contributed by atoms with Crippen molar-refractivity contribution in [3.63, 3.8) is 0 Å². The molecule has 0 saturated carbocycles. The standard InChI is InChI=1S/C29H28FNO3/c1-18-19(2)28(30)12-11-25(18)22-15-23(29(32)33)17-24(16-22)34-14-13-31-20(3)26-10-6-8-21-7-4-5-9-27(21)26/h4-12,15-17,20,31H,13-14H2,1-3H3,(H,32,33)/t20-/m1/s1. The van der Waals surface area contributed by atoms with Crippen molar-refractivity contribution >= 4 is 16.7 Å². The molecule has 0 unspecified atom stereocenters. The minimum atomic E-state index is -1.04. The number of fused-ring (bicyclic) bond motifs is 1. The second-order valence-electron chi connectivity index (χ2n) is 8.49. The molecular formula is C29H28FNO3. The van der Waals surface area contributed by atoms with Crippen molar-refractivity contribution in [2.24, 2.45) is 0 Å². The lowest BCUT2D eigenvalue weighted by atomic mass is 9.95. The van der Waals surface area contributed by atoms with Crippen LogP contribution in [-0.2, 0) is 0 Å². The first-order chi connectivity index (χ1) is 16.3. The summed E-state index contributed by atoms with van der Waals surface area (Å²) in [7, 11) is 0. The molecule has 2 N–H and O–H groups in total. The molecule has 34 heavy (non-hydrogen) atoms. The van der Waals surface area contributed by atoms with Gasteiger partial charge in [-0.2, -0.15) is 0 Å². The summed E-state index contributed by atoms with van der Waals surface area (Å²) >= 11 is 0. The summed E-state index contributed by atoms with van der Waals surface area (Å²) in [6, 6.07) is 22.7. The molecule has 0 saturated heterocycles. The van der Waals surface area contributed by atoms with E-state index in [1.165, 1.54) is 28.5 Å². The van der Waals surface area contributed by atoms with Gasteiger partial charge in [0.05, 0.1) is 5.56 Å². The van der Waals surface area contributed by atoms with E-state index in [1.807, 2.05) is 19.1 Å². The molecule has 0 amide bonds. The maximum Gasteiger partial charge on any atom is 0.335 e. The highest BCUT2D eigenvalue weighted by Gasteiger charge is 2.14. The Morgan fingerprint density at radius 1 is 1.00 bits per heavy atom. The van der Waals surface area contributed by atoms with Crippen molar-refractivity contribution in [1.29, 1.82) is 0 Å². The maximum atomic E-state index is 13.9. The number of hydrogen-bond donors (Lipinski definition) is 2. The number of nitrogens with one attached hydrogen (secondary N) is 1. The van der Waals surface area contributed by atoms with Gasteiger partial charge in [-0.05, 0) is 83.6 Å². The van der Waals surface area contributed by atoms with Gasteiger partial charge in [-0.15, -0.1) is 0 Å². The highest BCUT2D eigenvalue weighted by atomic mass is 19.1. The van der Waals surface area contributed by atoms with Crippen molar-refractivity contribution in [1.82, 2.24) is 5.32 Å². The van der Waals surface area contributed by atoms with Gasteiger partial charge in [0.1, 0.15) is 18.2 Å². The SMILES string of the molecule is Cc1c(F)ccc(-c2cc(OCCN[C@H](C)c3cccc4ccccc34)cc(C(=O)O)c2)c1C. The van der Waals surface area contributed by atoms with E-state index in [9.17, 15) is 14.3 Å². The molecular weight excluding hydrogens is 429 g/mol. The highest BCUT2D eigenvalue weighted by Crippen LogP contribution is 2.31. The van der Waals surface area contributed by atoms with E-state index in [-0.39, 0.29) is 17.4 Å². The zero-order chi connectivity index (χ0) is 24.2. The maximum absolute atomic E-state index is 13.9.